The van der Waals surface area contributed by atoms with Crippen LogP contribution in [0.2, 0.25) is 0 Å². The highest BCUT2D eigenvalue weighted by molar-refractivity contribution is 5.55. The normalized spacial score (nSPS) is 17.1. The number of nitrogens with zero attached hydrogens (tertiary/aromatic N) is 2. The van der Waals surface area contributed by atoms with Crippen molar-refractivity contribution in [1.82, 2.24) is 5.32 Å². The molecule has 20 heavy (non-hydrogen) atoms. The van der Waals surface area contributed by atoms with Crippen molar-refractivity contribution in [3.63, 3.8) is 0 Å². The van der Waals surface area contributed by atoms with E-state index in [0.717, 1.165) is 32.5 Å². The van der Waals surface area contributed by atoms with E-state index in [1.165, 1.54) is 24.1 Å². The Morgan fingerprint density at radius 3 is 2.95 bits per heavy atom. The van der Waals surface area contributed by atoms with Gasteiger partial charge >= 0.3 is 0 Å². The molecule has 0 saturated heterocycles. The first-order chi connectivity index (χ1) is 9.68. The Bertz CT molecular complexity index is 477. The number of anilines is 1. The number of hydrogen-bond acceptors (Lipinski definition) is 3. The first-order valence-corrected chi connectivity index (χ1v) is 7.67. The van der Waals surface area contributed by atoms with Gasteiger partial charge in [0.25, 0.3) is 0 Å². The smallest absolute Gasteiger partial charge is 0.103 e. The van der Waals surface area contributed by atoms with Crippen molar-refractivity contribution in [1.29, 1.82) is 5.26 Å². The highest BCUT2D eigenvalue weighted by atomic mass is 15.1. The lowest BCUT2D eigenvalue weighted by Crippen LogP contribution is -2.41. The minimum absolute atomic E-state index is 0.385. The zero-order valence-corrected chi connectivity index (χ0v) is 12.7. The molecule has 108 valence electrons. The second-order valence-corrected chi connectivity index (χ2v) is 5.80. The number of benzene rings is 1. The summed E-state index contributed by atoms with van der Waals surface area (Å²) in [5, 5.41) is 12.6. The van der Waals surface area contributed by atoms with Gasteiger partial charge in [-0.05, 0) is 50.8 Å². The van der Waals surface area contributed by atoms with Gasteiger partial charge in [0.05, 0.1) is 6.07 Å². The molecule has 1 N–H and O–H groups in total. The van der Waals surface area contributed by atoms with Gasteiger partial charge < -0.3 is 4.90 Å². The number of nitrogens with one attached hydrogen (secondary N) is 1. The number of fused-ring (bicyclic) bond motifs is 1. The van der Waals surface area contributed by atoms with E-state index < -0.39 is 0 Å². The van der Waals surface area contributed by atoms with Gasteiger partial charge in [-0.25, -0.2) is 0 Å². The molecule has 0 aromatic heterocycles. The molecule has 0 saturated carbocycles. The lowest BCUT2D eigenvalue weighted by atomic mass is 9.96. The number of aryl methyl sites for hydroxylation is 1. The number of hydrogen-bond donors (Lipinski definition) is 1. The van der Waals surface area contributed by atoms with Crippen LogP contribution in [0.5, 0.6) is 0 Å². The van der Waals surface area contributed by atoms with Gasteiger partial charge in [0, 0.05) is 18.8 Å². The van der Waals surface area contributed by atoms with Crippen LogP contribution in [0.1, 0.15) is 38.7 Å². The number of para-hydroxylation sites is 1. The Kier molecular flexibility index (Phi) is 5.03. The third-order valence-electron chi connectivity index (χ3n) is 4.12. The van der Waals surface area contributed by atoms with Crippen LogP contribution in [-0.4, -0.2) is 25.2 Å². The first kappa shape index (κ1) is 14.9. The van der Waals surface area contributed by atoms with Gasteiger partial charge in [0.2, 0.25) is 0 Å². The molecule has 0 amide bonds. The molecule has 0 aliphatic carbocycles. The minimum atomic E-state index is -0.385. The average Bonchev–Trinajstić information content (AvgIpc) is 2.48. The van der Waals surface area contributed by atoms with E-state index in [0.29, 0.717) is 0 Å². The van der Waals surface area contributed by atoms with Gasteiger partial charge in [-0.2, -0.15) is 5.26 Å². The number of rotatable bonds is 6. The molecule has 1 aromatic carbocycles. The molecule has 1 aromatic rings. The molecular formula is C17H25N3. The third-order valence-corrected chi connectivity index (χ3v) is 4.12. The fourth-order valence-electron chi connectivity index (χ4n) is 3.04. The van der Waals surface area contributed by atoms with Crippen LogP contribution >= 0.6 is 0 Å². The molecule has 1 aliphatic rings. The van der Waals surface area contributed by atoms with E-state index in [9.17, 15) is 5.26 Å². The molecule has 3 heteroatoms. The van der Waals surface area contributed by atoms with E-state index >= 15 is 0 Å². The first-order valence-electron chi connectivity index (χ1n) is 7.67. The molecular weight excluding hydrogens is 246 g/mol. The summed E-state index contributed by atoms with van der Waals surface area (Å²) in [4.78, 5) is 2.47. The molecule has 0 spiro atoms. The lowest BCUT2D eigenvalue weighted by molar-refractivity contribution is 0.416. The molecule has 1 heterocycles. The zero-order valence-electron chi connectivity index (χ0n) is 12.7. The summed E-state index contributed by atoms with van der Waals surface area (Å²) in [7, 11) is 0. The van der Waals surface area contributed by atoms with Gasteiger partial charge in [0.15, 0.2) is 0 Å². The van der Waals surface area contributed by atoms with Crippen LogP contribution in [0.25, 0.3) is 0 Å². The Morgan fingerprint density at radius 1 is 1.40 bits per heavy atom. The topological polar surface area (TPSA) is 39.1 Å². The summed E-state index contributed by atoms with van der Waals surface area (Å²) < 4.78 is 0. The monoisotopic (exact) mass is 271 g/mol. The summed E-state index contributed by atoms with van der Waals surface area (Å²) in [6.45, 7) is 7.08. The highest BCUT2D eigenvalue weighted by Gasteiger charge is 2.23. The maximum Gasteiger partial charge on any atom is 0.103 e. The van der Waals surface area contributed by atoms with Crippen molar-refractivity contribution in [3.8, 4) is 6.07 Å². The standard InChI is InChI=1S/C17H25N3/c1-3-19-17(2,14-18)11-7-13-20-12-6-9-15-8-4-5-10-16(15)20/h4-5,8,10,19H,3,6-7,9,11-13H2,1-2H3. The Morgan fingerprint density at radius 2 is 2.20 bits per heavy atom. The van der Waals surface area contributed by atoms with E-state index in [1.54, 1.807) is 0 Å². The van der Waals surface area contributed by atoms with Crippen LogP contribution in [0.4, 0.5) is 5.69 Å². The molecule has 0 fully saturated rings. The Labute approximate surface area is 122 Å². The average molecular weight is 271 g/mol. The summed E-state index contributed by atoms with van der Waals surface area (Å²) in [6.07, 6.45) is 4.38. The van der Waals surface area contributed by atoms with Crippen LogP contribution in [0.3, 0.4) is 0 Å². The molecule has 1 aliphatic heterocycles. The predicted molar refractivity (Wildman–Crippen MR) is 83.9 cm³/mol. The second-order valence-electron chi connectivity index (χ2n) is 5.80. The zero-order chi connectivity index (χ0) is 14.4. The van der Waals surface area contributed by atoms with Crippen molar-refractivity contribution in [2.24, 2.45) is 0 Å². The van der Waals surface area contributed by atoms with E-state index in [1.807, 2.05) is 6.92 Å². The van der Waals surface area contributed by atoms with Crippen LogP contribution in [0.15, 0.2) is 24.3 Å². The summed E-state index contributed by atoms with van der Waals surface area (Å²) in [6, 6.07) is 11.1. The maximum atomic E-state index is 9.29. The second kappa shape index (κ2) is 6.76. The van der Waals surface area contributed by atoms with E-state index in [2.05, 4.69) is 47.5 Å². The van der Waals surface area contributed by atoms with Gasteiger partial charge in [-0.1, -0.05) is 25.1 Å². The summed E-state index contributed by atoms with van der Waals surface area (Å²) in [5.41, 5.74) is 2.47. The minimum Gasteiger partial charge on any atom is -0.371 e. The van der Waals surface area contributed by atoms with Crippen LogP contribution in [-0.2, 0) is 6.42 Å². The Hall–Kier alpha value is -1.53. The third kappa shape index (κ3) is 3.52. The molecule has 2 rings (SSSR count). The highest BCUT2D eigenvalue weighted by Crippen LogP contribution is 2.27. The van der Waals surface area contributed by atoms with Gasteiger partial charge in [-0.15, -0.1) is 0 Å². The van der Waals surface area contributed by atoms with Crippen LogP contribution in [0, 0.1) is 11.3 Å². The fourth-order valence-corrected chi connectivity index (χ4v) is 3.04. The SMILES string of the molecule is CCNC(C)(C#N)CCCN1CCCc2ccccc21. The van der Waals surface area contributed by atoms with Gasteiger partial charge in [0.1, 0.15) is 5.54 Å². The fraction of sp³-hybridized carbons (Fsp3) is 0.588. The van der Waals surface area contributed by atoms with Crippen molar-refractivity contribution in [2.75, 3.05) is 24.5 Å². The molecule has 0 bridgehead atoms. The van der Waals surface area contributed by atoms with Crippen LogP contribution < -0.4 is 10.2 Å². The van der Waals surface area contributed by atoms with Crippen molar-refractivity contribution in [3.05, 3.63) is 29.8 Å². The van der Waals surface area contributed by atoms with Crippen molar-refractivity contribution < 1.29 is 0 Å². The van der Waals surface area contributed by atoms with Crippen molar-refractivity contribution >= 4 is 5.69 Å². The maximum absolute atomic E-state index is 9.29. The van der Waals surface area contributed by atoms with E-state index in [4.69, 9.17) is 0 Å². The van der Waals surface area contributed by atoms with E-state index in [-0.39, 0.29) is 5.54 Å². The summed E-state index contributed by atoms with van der Waals surface area (Å²) >= 11 is 0. The lowest BCUT2D eigenvalue weighted by Gasteiger charge is -2.32. The van der Waals surface area contributed by atoms with Gasteiger partial charge in [-0.3, -0.25) is 5.32 Å². The largest absolute Gasteiger partial charge is 0.371 e. The molecule has 3 nitrogen and oxygen atoms in total. The van der Waals surface area contributed by atoms with Crippen molar-refractivity contribution in [2.45, 2.75) is 45.1 Å². The summed E-state index contributed by atoms with van der Waals surface area (Å²) in [5.74, 6) is 0. The molecule has 1 atom stereocenters. The molecule has 1 unspecified atom stereocenters. The predicted octanol–water partition coefficient (Wildman–Crippen LogP) is 3.11. The molecule has 0 radical (unpaired) electrons. The quantitative estimate of drug-likeness (QED) is 0.864. The Balaban J connectivity index is 1.91. The number of nitriles is 1.